The SMILES string of the molecule is Cc1cc(C)c2nc(N3CCCC(C(=O)NCCc4ccc(S(N)(=O)=O)cc4)C3)sc2c1. The van der Waals surface area contributed by atoms with Crippen molar-refractivity contribution in [2.24, 2.45) is 11.1 Å². The third-order valence-electron chi connectivity index (χ3n) is 5.85. The Balaban J connectivity index is 1.34. The number of carbonyl (C=O) groups excluding carboxylic acids is 1. The van der Waals surface area contributed by atoms with Gasteiger partial charge in [-0.2, -0.15) is 0 Å². The number of hydrogen-bond donors (Lipinski definition) is 2. The third-order valence-corrected chi connectivity index (χ3v) is 7.84. The predicted molar refractivity (Wildman–Crippen MR) is 129 cm³/mol. The van der Waals surface area contributed by atoms with Crippen LogP contribution < -0.4 is 15.4 Å². The monoisotopic (exact) mass is 472 g/mol. The molecule has 0 saturated carbocycles. The average molecular weight is 473 g/mol. The number of piperidine rings is 1. The summed E-state index contributed by atoms with van der Waals surface area (Å²) in [6.45, 7) is 6.28. The molecule has 1 aliphatic rings. The molecule has 9 heteroatoms. The van der Waals surface area contributed by atoms with Crippen molar-refractivity contribution in [3.05, 3.63) is 53.1 Å². The van der Waals surface area contributed by atoms with Crippen molar-refractivity contribution < 1.29 is 13.2 Å². The van der Waals surface area contributed by atoms with Crippen LogP contribution in [0.1, 0.15) is 29.5 Å². The zero-order valence-electron chi connectivity index (χ0n) is 18.3. The van der Waals surface area contributed by atoms with E-state index in [9.17, 15) is 13.2 Å². The van der Waals surface area contributed by atoms with Crippen LogP contribution in [-0.4, -0.2) is 38.9 Å². The van der Waals surface area contributed by atoms with Crippen LogP contribution in [0.25, 0.3) is 10.2 Å². The van der Waals surface area contributed by atoms with E-state index in [1.165, 1.54) is 28.0 Å². The molecule has 3 N–H and O–H groups in total. The van der Waals surface area contributed by atoms with Crippen molar-refractivity contribution in [1.82, 2.24) is 10.3 Å². The second-order valence-corrected chi connectivity index (χ2v) is 11.0. The summed E-state index contributed by atoms with van der Waals surface area (Å²) in [7, 11) is -3.69. The molecule has 0 aliphatic carbocycles. The second-order valence-electron chi connectivity index (χ2n) is 8.44. The molecular formula is C23H28N4O3S2. The molecule has 1 saturated heterocycles. The molecule has 0 bridgehead atoms. The molecule has 32 heavy (non-hydrogen) atoms. The Morgan fingerprint density at radius 1 is 1.25 bits per heavy atom. The van der Waals surface area contributed by atoms with E-state index in [-0.39, 0.29) is 16.7 Å². The maximum absolute atomic E-state index is 12.8. The molecule has 1 amide bonds. The lowest BCUT2D eigenvalue weighted by Gasteiger charge is -2.31. The molecule has 1 atom stereocenters. The standard InChI is InChI=1S/C23H28N4O3S2/c1-15-12-16(2)21-20(13-15)31-23(26-21)27-11-3-4-18(14-27)22(28)25-10-9-17-5-7-19(8-6-17)32(24,29)30/h5-8,12-13,18H,3-4,9-11,14H2,1-2H3,(H,25,28)(H2,24,29,30). The maximum Gasteiger partial charge on any atom is 0.238 e. The Hall–Kier alpha value is -2.49. The molecule has 0 spiro atoms. The second kappa shape index (κ2) is 9.17. The molecule has 7 nitrogen and oxygen atoms in total. The van der Waals surface area contributed by atoms with Crippen LogP contribution in [0.15, 0.2) is 41.3 Å². The molecule has 170 valence electrons. The summed E-state index contributed by atoms with van der Waals surface area (Å²) in [5.41, 5.74) is 4.42. The Kier molecular flexibility index (Phi) is 6.50. The molecule has 2 heterocycles. The van der Waals surface area contributed by atoms with Crippen molar-refractivity contribution in [1.29, 1.82) is 0 Å². The van der Waals surface area contributed by atoms with Gasteiger partial charge in [-0.3, -0.25) is 4.79 Å². The molecule has 2 aromatic carbocycles. The lowest BCUT2D eigenvalue weighted by atomic mass is 9.97. The lowest BCUT2D eigenvalue weighted by Crippen LogP contribution is -2.43. The molecular weight excluding hydrogens is 444 g/mol. The van der Waals surface area contributed by atoms with Gasteiger partial charge in [0.05, 0.1) is 21.0 Å². The van der Waals surface area contributed by atoms with Crippen LogP contribution in [0.5, 0.6) is 0 Å². The van der Waals surface area contributed by atoms with E-state index >= 15 is 0 Å². The number of nitrogens with one attached hydrogen (secondary N) is 1. The van der Waals surface area contributed by atoms with Gasteiger partial charge in [-0.15, -0.1) is 0 Å². The van der Waals surface area contributed by atoms with Crippen molar-refractivity contribution >= 4 is 42.6 Å². The number of aryl methyl sites for hydroxylation is 2. The summed E-state index contributed by atoms with van der Waals surface area (Å²) in [5.74, 6) is -0.00709. The number of aromatic nitrogens is 1. The van der Waals surface area contributed by atoms with Crippen LogP contribution in [0.3, 0.4) is 0 Å². The Morgan fingerprint density at radius 2 is 2.00 bits per heavy atom. The number of anilines is 1. The first-order chi connectivity index (χ1) is 15.2. The third kappa shape index (κ3) is 5.11. The first-order valence-corrected chi connectivity index (χ1v) is 13.1. The van der Waals surface area contributed by atoms with Crippen molar-refractivity contribution in [2.45, 2.75) is 38.0 Å². The minimum atomic E-state index is -3.69. The average Bonchev–Trinajstić information content (AvgIpc) is 3.18. The van der Waals surface area contributed by atoms with Crippen LogP contribution in [-0.2, 0) is 21.2 Å². The Bertz CT molecular complexity index is 1240. The number of sulfonamides is 1. The minimum absolute atomic E-state index is 0.0593. The van der Waals surface area contributed by atoms with Gasteiger partial charge in [0.25, 0.3) is 0 Å². The number of nitrogens with zero attached hydrogens (tertiary/aromatic N) is 2. The molecule has 1 aliphatic heterocycles. The van der Waals surface area contributed by atoms with E-state index < -0.39 is 10.0 Å². The fraction of sp³-hybridized carbons (Fsp3) is 0.391. The number of amides is 1. The summed E-state index contributed by atoms with van der Waals surface area (Å²) in [6, 6.07) is 10.8. The first-order valence-electron chi connectivity index (χ1n) is 10.7. The predicted octanol–water partition coefficient (Wildman–Crippen LogP) is 3.14. The van der Waals surface area contributed by atoms with Gasteiger partial charge < -0.3 is 10.2 Å². The summed E-state index contributed by atoms with van der Waals surface area (Å²) in [4.78, 5) is 20.0. The highest BCUT2D eigenvalue weighted by molar-refractivity contribution is 7.89. The number of thiazole rings is 1. The van der Waals surface area contributed by atoms with Crippen LogP contribution in [0.2, 0.25) is 0 Å². The Morgan fingerprint density at radius 3 is 2.72 bits per heavy atom. The number of rotatable bonds is 6. The first kappa shape index (κ1) is 22.7. The van der Waals surface area contributed by atoms with Gasteiger partial charge in [-0.1, -0.05) is 29.5 Å². The van der Waals surface area contributed by atoms with Crippen LogP contribution >= 0.6 is 11.3 Å². The quantitative estimate of drug-likeness (QED) is 0.573. The lowest BCUT2D eigenvalue weighted by molar-refractivity contribution is -0.125. The van der Waals surface area contributed by atoms with Crippen LogP contribution in [0, 0.1) is 19.8 Å². The van der Waals surface area contributed by atoms with Gasteiger partial charge in [0.1, 0.15) is 0 Å². The van der Waals surface area contributed by atoms with Gasteiger partial charge in [-0.05, 0) is 68.0 Å². The number of benzene rings is 2. The molecule has 1 unspecified atom stereocenters. The summed E-state index contributed by atoms with van der Waals surface area (Å²) in [5, 5.41) is 9.15. The van der Waals surface area contributed by atoms with E-state index in [0.717, 1.165) is 35.6 Å². The summed E-state index contributed by atoms with van der Waals surface area (Å²) >= 11 is 1.70. The zero-order chi connectivity index (χ0) is 22.9. The largest absolute Gasteiger partial charge is 0.355 e. The number of carbonyl (C=O) groups is 1. The normalized spacial score (nSPS) is 17.0. The fourth-order valence-electron chi connectivity index (χ4n) is 4.18. The smallest absolute Gasteiger partial charge is 0.238 e. The highest BCUT2D eigenvalue weighted by Gasteiger charge is 2.27. The highest BCUT2D eigenvalue weighted by atomic mass is 32.2. The van der Waals surface area contributed by atoms with Gasteiger partial charge in [0, 0.05) is 19.6 Å². The summed E-state index contributed by atoms with van der Waals surface area (Å²) in [6.07, 6.45) is 2.46. The number of nitrogens with two attached hydrogens (primary N) is 1. The van der Waals surface area contributed by atoms with E-state index in [2.05, 4.69) is 36.2 Å². The van der Waals surface area contributed by atoms with E-state index in [0.29, 0.717) is 19.5 Å². The van der Waals surface area contributed by atoms with Gasteiger partial charge in [-0.25, -0.2) is 18.5 Å². The van der Waals surface area contributed by atoms with E-state index in [4.69, 9.17) is 10.1 Å². The fourth-order valence-corrected chi connectivity index (χ4v) is 5.87. The molecule has 0 radical (unpaired) electrons. The van der Waals surface area contributed by atoms with Gasteiger partial charge in [0.15, 0.2) is 5.13 Å². The highest BCUT2D eigenvalue weighted by Crippen LogP contribution is 2.33. The number of fused-ring (bicyclic) bond motifs is 1. The van der Waals surface area contributed by atoms with E-state index in [1.54, 1.807) is 23.5 Å². The molecule has 1 fully saturated rings. The zero-order valence-corrected chi connectivity index (χ0v) is 19.9. The van der Waals surface area contributed by atoms with Crippen LogP contribution in [0.4, 0.5) is 5.13 Å². The maximum atomic E-state index is 12.8. The number of hydrogen-bond acceptors (Lipinski definition) is 6. The van der Waals surface area contributed by atoms with Crippen molar-refractivity contribution in [2.75, 3.05) is 24.5 Å². The van der Waals surface area contributed by atoms with Crippen molar-refractivity contribution in [3.8, 4) is 0 Å². The van der Waals surface area contributed by atoms with Gasteiger partial charge >= 0.3 is 0 Å². The van der Waals surface area contributed by atoms with Gasteiger partial charge in [0.2, 0.25) is 15.9 Å². The molecule has 1 aromatic heterocycles. The topological polar surface area (TPSA) is 105 Å². The van der Waals surface area contributed by atoms with E-state index in [1.807, 2.05) is 0 Å². The minimum Gasteiger partial charge on any atom is -0.355 e. The molecule has 3 aromatic rings. The molecule has 4 rings (SSSR count). The Labute approximate surface area is 192 Å². The number of primary sulfonamides is 1. The summed E-state index contributed by atoms with van der Waals surface area (Å²) < 4.78 is 23.9. The van der Waals surface area contributed by atoms with Crippen molar-refractivity contribution in [3.63, 3.8) is 0 Å².